The molecule has 2 aromatic carbocycles. The Morgan fingerprint density at radius 2 is 1.93 bits per heavy atom. The predicted octanol–water partition coefficient (Wildman–Crippen LogP) is 4.01. The smallest absolute Gasteiger partial charge is 0.126 e. The van der Waals surface area contributed by atoms with Crippen LogP contribution in [0.1, 0.15) is 31.2 Å². The molecule has 2 heterocycles. The average Bonchev–Trinajstić information content (AvgIpc) is 3.07. The normalized spacial score (nSPS) is 20.7. The first-order valence-electron chi connectivity index (χ1n) is 10.1. The van der Waals surface area contributed by atoms with Gasteiger partial charge in [0.15, 0.2) is 0 Å². The number of aromatic nitrogens is 2. The first-order chi connectivity index (χ1) is 13.6. The molecule has 0 amide bonds. The number of nitrogens with zero attached hydrogens (tertiary/aromatic N) is 3. The zero-order valence-electron chi connectivity index (χ0n) is 16.4. The second-order valence-corrected chi connectivity index (χ2v) is 8.00. The lowest BCUT2D eigenvalue weighted by molar-refractivity contribution is 0.0269. The maximum atomic E-state index is 14.2. The average molecular weight is 381 g/mol. The molecule has 148 valence electrons. The van der Waals surface area contributed by atoms with Crippen molar-refractivity contribution in [3.63, 3.8) is 0 Å². The van der Waals surface area contributed by atoms with Crippen molar-refractivity contribution in [1.29, 1.82) is 0 Å². The van der Waals surface area contributed by atoms with E-state index in [9.17, 15) is 9.50 Å². The van der Waals surface area contributed by atoms with E-state index in [4.69, 9.17) is 4.98 Å². The number of halogens is 1. The highest BCUT2D eigenvalue weighted by atomic mass is 19.1. The van der Waals surface area contributed by atoms with Crippen molar-refractivity contribution in [3.05, 3.63) is 65.7 Å². The van der Waals surface area contributed by atoms with Crippen LogP contribution in [0.5, 0.6) is 0 Å². The highest BCUT2D eigenvalue weighted by molar-refractivity contribution is 5.75. The Morgan fingerprint density at radius 1 is 1.14 bits per heavy atom. The zero-order valence-corrected chi connectivity index (χ0v) is 16.4. The fraction of sp³-hybridized carbons (Fsp3) is 0.435. The molecule has 0 saturated carbocycles. The number of hydrogen-bond donors (Lipinski definition) is 1. The Kier molecular flexibility index (Phi) is 5.47. The third-order valence-corrected chi connectivity index (χ3v) is 6.01. The third kappa shape index (κ3) is 3.69. The van der Waals surface area contributed by atoms with Gasteiger partial charge in [0, 0.05) is 18.5 Å². The number of para-hydroxylation sites is 2. The fourth-order valence-corrected chi connectivity index (χ4v) is 4.62. The van der Waals surface area contributed by atoms with E-state index in [1.54, 1.807) is 6.07 Å². The molecule has 1 saturated heterocycles. The standard InChI is InChI=1S/C23H28FN3O/c1-2-27-21-11-6-5-10-20(21)25-22(27)15-26-13-7-12-23(16-26,17-28)14-18-8-3-4-9-19(18)24/h3-6,8-11,28H,2,7,12-17H2,1H3/t23-/m1/s1. The largest absolute Gasteiger partial charge is 0.396 e. The van der Waals surface area contributed by atoms with Crippen LogP contribution >= 0.6 is 0 Å². The van der Waals surface area contributed by atoms with Crippen molar-refractivity contribution in [2.45, 2.75) is 39.3 Å². The first-order valence-corrected chi connectivity index (χ1v) is 10.1. The lowest BCUT2D eigenvalue weighted by Gasteiger charge is -2.42. The molecule has 4 nitrogen and oxygen atoms in total. The maximum absolute atomic E-state index is 14.2. The maximum Gasteiger partial charge on any atom is 0.126 e. The van der Waals surface area contributed by atoms with Crippen LogP contribution in [0.25, 0.3) is 11.0 Å². The van der Waals surface area contributed by atoms with Gasteiger partial charge in [-0.15, -0.1) is 0 Å². The number of aliphatic hydroxyl groups is 1. The minimum atomic E-state index is -0.302. The second-order valence-electron chi connectivity index (χ2n) is 8.00. The van der Waals surface area contributed by atoms with Crippen LogP contribution in [0.3, 0.4) is 0 Å². The number of benzene rings is 2. The number of piperidine rings is 1. The summed E-state index contributed by atoms with van der Waals surface area (Å²) in [5.41, 5.74) is 2.58. The van der Waals surface area contributed by atoms with E-state index in [1.165, 1.54) is 6.07 Å². The Bertz CT molecular complexity index is 954. The van der Waals surface area contributed by atoms with E-state index in [0.717, 1.165) is 55.9 Å². The SMILES string of the molecule is CCn1c(CN2CCC[C@@](CO)(Cc3ccccc3F)C2)nc2ccccc21. The molecular weight excluding hydrogens is 353 g/mol. The minimum Gasteiger partial charge on any atom is -0.396 e. The van der Waals surface area contributed by atoms with E-state index < -0.39 is 0 Å². The topological polar surface area (TPSA) is 41.3 Å². The van der Waals surface area contributed by atoms with Gasteiger partial charge in [0.2, 0.25) is 0 Å². The van der Waals surface area contributed by atoms with Gasteiger partial charge < -0.3 is 9.67 Å². The Labute approximate surface area is 165 Å². The molecule has 5 heteroatoms. The summed E-state index contributed by atoms with van der Waals surface area (Å²) in [7, 11) is 0. The van der Waals surface area contributed by atoms with Gasteiger partial charge in [0.25, 0.3) is 0 Å². The molecule has 1 aliphatic rings. The summed E-state index contributed by atoms with van der Waals surface area (Å²) in [6.07, 6.45) is 2.48. The Hall–Kier alpha value is -2.24. The van der Waals surface area contributed by atoms with Gasteiger partial charge in [-0.05, 0) is 56.5 Å². The predicted molar refractivity (Wildman–Crippen MR) is 110 cm³/mol. The summed E-state index contributed by atoms with van der Waals surface area (Å²) in [5, 5.41) is 10.2. The van der Waals surface area contributed by atoms with Crippen LogP contribution in [-0.4, -0.2) is 39.3 Å². The molecule has 1 aromatic heterocycles. The van der Waals surface area contributed by atoms with Gasteiger partial charge in [0.1, 0.15) is 11.6 Å². The van der Waals surface area contributed by atoms with E-state index in [0.29, 0.717) is 12.0 Å². The van der Waals surface area contributed by atoms with Gasteiger partial charge in [-0.2, -0.15) is 0 Å². The molecule has 1 aliphatic heterocycles. The summed E-state index contributed by atoms with van der Waals surface area (Å²) < 4.78 is 16.5. The molecule has 28 heavy (non-hydrogen) atoms. The summed E-state index contributed by atoms with van der Waals surface area (Å²) in [6.45, 7) is 5.58. The number of hydrogen-bond acceptors (Lipinski definition) is 3. The van der Waals surface area contributed by atoms with Gasteiger partial charge in [-0.25, -0.2) is 9.37 Å². The van der Waals surface area contributed by atoms with E-state index in [-0.39, 0.29) is 17.8 Å². The number of aryl methyl sites for hydroxylation is 1. The van der Waals surface area contributed by atoms with Crippen molar-refractivity contribution < 1.29 is 9.50 Å². The summed E-state index contributed by atoms with van der Waals surface area (Å²) in [5.74, 6) is 0.878. The van der Waals surface area contributed by atoms with Crippen LogP contribution in [0.2, 0.25) is 0 Å². The van der Waals surface area contributed by atoms with Crippen molar-refractivity contribution in [2.24, 2.45) is 5.41 Å². The Morgan fingerprint density at radius 3 is 2.71 bits per heavy atom. The number of imidazole rings is 1. The lowest BCUT2D eigenvalue weighted by atomic mass is 9.75. The van der Waals surface area contributed by atoms with Crippen LogP contribution in [0.4, 0.5) is 4.39 Å². The van der Waals surface area contributed by atoms with Crippen LogP contribution in [0, 0.1) is 11.2 Å². The molecule has 0 radical (unpaired) electrons. The number of fused-ring (bicyclic) bond motifs is 1. The fourth-order valence-electron chi connectivity index (χ4n) is 4.62. The second kappa shape index (κ2) is 8.02. The molecule has 1 fully saturated rings. The molecule has 1 atom stereocenters. The lowest BCUT2D eigenvalue weighted by Crippen LogP contribution is -2.46. The Balaban J connectivity index is 1.56. The van der Waals surface area contributed by atoms with Crippen LogP contribution < -0.4 is 0 Å². The molecule has 0 unspecified atom stereocenters. The van der Waals surface area contributed by atoms with E-state index in [1.807, 2.05) is 24.3 Å². The molecule has 0 bridgehead atoms. The number of likely N-dealkylation sites (tertiary alicyclic amines) is 1. The molecule has 3 aromatic rings. The quantitative estimate of drug-likeness (QED) is 0.701. The minimum absolute atomic E-state index is 0.0715. The van der Waals surface area contributed by atoms with E-state index >= 15 is 0 Å². The molecule has 0 aliphatic carbocycles. The van der Waals surface area contributed by atoms with E-state index in [2.05, 4.69) is 28.5 Å². The number of aliphatic hydroxyl groups excluding tert-OH is 1. The number of rotatable bonds is 6. The monoisotopic (exact) mass is 381 g/mol. The van der Waals surface area contributed by atoms with Crippen molar-refractivity contribution in [1.82, 2.24) is 14.5 Å². The van der Waals surface area contributed by atoms with Gasteiger partial charge >= 0.3 is 0 Å². The molecule has 4 rings (SSSR count). The van der Waals surface area contributed by atoms with Crippen molar-refractivity contribution in [2.75, 3.05) is 19.7 Å². The summed E-state index contributed by atoms with van der Waals surface area (Å²) >= 11 is 0. The molecule has 1 N–H and O–H groups in total. The molecule has 0 spiro atoms. The van der Waals surface area contributed by atoms with Crippen molar-refractivity contribution >= 4 is 11.0 Å². The van der Waals surface area contributed by atoms with Crippen molar-refractivity contribution in [3.8, 4) is 0 Å². The van der Waals surface area contributed by atoms with Gasteiger partial charge in [-0.1, -0.05) is 30.3 Å². The van der Waals surface area contributed by atoms with Gasteiger partial charge in [-0.3, -0.25) is 4.90 Å². The summed E-state index contributed by atoms with van der Waals surface area (Å²) in [4.78, 5) is 7.22. The van der Waals surface area contributed by atoms with Crippen LogP contribution in [0.15, 0.2) is 48.5 Å². The highest BCUT2D eigenvalue weighted by Gasteiger charge is 2.36. The first kappa shape index (κ1) is 19.1. The third-order valence-electron chi connectivity index (χ3n) is 6.01. The molecular formula is C23H28FN3O. The summed E-state index contributed by atoms with van der Waals surface area (Å²) in [6, 6.07) is 15.2. The zero-order chi connectivity index (χ0) is 19.6. The van der Waals surface area contributed by atoms with Gasteiger partial charge in [0.05, 0.1) is 24.2 Å². The van der Waals surface area contributed by atoms with Crippen LogP contribution in [-0.2, 0) is 19.5 Å². The highest BCUT2D eigenvalue weighted by Crippen LogP contribution is 2.34.